The van der Waals surface area contributed by atoms with Gasteiger partial charge >= 0.3 is 0 Å². The third kappa shape index (κ3) is 3.35. The van der Waals surface area contributed by atoms with Crippen molar-refractivity contribution in [1.29, 1.82) is 0 Å². The van der Waals surface area contributed by atoms with Crippen molar-refractivity contribution in [2.75, 3.05) is 0 Å². The molecule has 3 heteroatoms. The molecule has 1 aliphatic carbocycles. The van der Waals surface area contributed by atoms with Crippen LogP contribution in [0.4, 0.5) is 0 Å². The Hall–Kier alpha value is -1.35. The van der Waals surface area contributed by atoms with Crippen molar-refractivity contribution in [1.82, 2.24) is 5.32 Å². The SMILES string of the molecule is CC1CCC(NC(=O)Cc2ccccc2CN)C1C. The number of benzene rings is 1. The predicted octanol–water partition coefficient (Wildman–Crippen LogP) is 2.24. The molecule has 1 aromatic rings. The summed E-state index contributed by atoms with van der Waals surface area (Å²) < 4.78 is 0. The Morgan fingerprint density at radius 2 is 1.95 bits per heavy atom. The highest BCUT2D eigenvalue weighted by Crippen LogP contribution is 2.31. The van der Waals surface area contributed by atoms with E-state index in [4.69, 9.17) is 5.73 Å². The fourth-order valence-corrected chi connectivity index (χ4v) is 2.93. The van der Waals surface area contributed by atoms with Gasteiger partial charge in [-0.15, -0.1) is 0 Å². The molecule has 3 atom stereocenters. The largest absolute Gasteiger partial charge is 0.353 e. The van der Waals surface area contributed by atoms with E-state index < -0.39 is 0 Å². The second-order valence-electron chi connectivity index (χ2n) is 5.74. The smallest absolute Gasteiger partial charge is 0.224 e. The van der Waals surface area contributed by atoms with Crippen molar-refractivity contribution in [2.24, 2.45) is 17.6 Å². The summed E-state index contributed by atoms with van der Waals surface area (Å²) in [6.07, 6.45) is 2.75. The highest BCUT2D eigenvalue weighted by Gasteiger charge is 2.30. The topological polar surface area (TPSA) is 55.1 Å². The summed E-state index contributed by atoms with van der Waals surface area (Å²) in [6.45, 7) is 4.98. The molecular weight excluding hydrogens is 236 g/mol. The van der Waals surface area contributed by atoms with Crippen LogP contribution in [0.15, 0.2) is 24.3 Å². The molecule has 3 nitrogen and oxygen atoms in total. The van der Waals surface area contributed by atoms with Crippen LogP contribution >= 0.6 is 0 Å². The molecule has 1 fully saturated rings. The summed E-state index contributed by atoms with van der Waals surface area (Å²) in [7, 11) is 0. The minimum absolute atomic E-state index is 0.117. The first-order valence-corrected chi connectivity index (χ1v) is 7.18. The van der Waals surface area contributed by atoms with Gasteiger partial charge in [0, 0.05) is 12.6 Å². The van der Waals surface area contributed by atoms with Crippen LogP contribution < -0.4 is 11.1 Å². The van der Waals surface area contributed by atoms with Gasteiger partial charge in [-0.1, -0.05) is 38.1 Å². The molecule has 1 aromatic carbocycles. The standard InChI is InChI=1S/C16H24N2O/c1-11-7-8-15(12(11)2)18-16(19)9-13-5-3-4-6-14(13)10-17/h3-6,11-12,15H,7-10,17H2,1-2H3,(H,18,19). The lowest BCUT2D eigenvalue weighted by Crippen LogP contribution is -2.38. The van der Waals surface area contributed by atoms with E-state index in [-0.39, 0.29) is 5.91 Å². The molecule has 0 spiro atoms. The first-order valence-electron chi connectivity index (χ1n) is 7.18. The van der Waals surface area contributed by atoms with Crippen molar-refractivity contribution >= 4 is 5.91 Å². The van der Waals surface area contributed by atoms with Crippen molar-refractivity contribution in [3.8, 4) is 0 Å². The number of nitrogens with two attached hydrogens (primary N) is 1. The van der Waals surface area contributed by atoms with Crippen LogP contribution in [0.2, 0.25) is 0 Å². The molecule has 1 aliphatic rings. The van der Waals surface area contributed by atoms with E-state index in [1.54, 1.807) is 0 Å². The zero-order valence-corrected chi connectivity index (χ0v) is 11.9. The monoisotopic (exact) mass is 260 g/mol. The molecule has 0 heterocycles. The van der Waals surface area contributed by atoms with Gasteiger partial charge in [-0.25, -0.2) is 0 Å². The van der Waals surface area contributed by atoms with Gasteiger partial charge in [0.1, 0.15) is 0 Å². The van der Waals surface area contributed by atoms with E-state index in [0.29, 0.717) is 30.8 Å². The maximum Gasteiger partial charge on any atom is 0.224 e. The molecule has 3 N–H and O–H groups in total. The molecule has 2 rings (SSSR count). The number of carbonyl (C=O) groups is 1. The van der Waals surface area contributed by atoms with Crippen LogP contribution in [0.3, 0.4) is 0 Å². The molecule has 0 bridgehead atoms. The molecule has 1 saturated carbocycles. The number of hydrogen-bond acceptors (Lipinski definition) is 2. The quantitative estimate of drug-likeness (QED) is 0.872. The summed E-state index contributed by atoms with van der Waals surface area (Å²) in [6, 6.07) is 8.24. The summed E-state index contributed by atoms with van der Waals surface area (Å²) in [5, 5.41) is 3.18. The number of amides is 1. The van der Waals surface area contributed by atoms with E-state index in [1.807, 2.05) is 24.3 Å². The number of rotatable bonds is 4. The zero-order valence-electron chi connectivity index (χ0n) is 11.9. The Morgan fingerprint density at radius 3 is 2.53 bits per heavy atom. The maximum absolute atomic E-state index is 12.1. The third-order valence-electron chi connectivity index (χ3n) is 4.50. The van der Waals surface area contributed by atoms with Crippen LogP contribution in [-0.2, 0) is 17.8 Å². The minimum Gasteiger partial charge on any atom is -0.353 e. The number of hydrogen-bond donors (Lipinski definition) is 2. The van der Waals surface area contributed by atoms with E-state index in [2.05, 4.69) is 19.2 Å². The predicted molar refractivity (Wildman–Crippen MR) is 77.5 cm³/mol. The molecule has 3 unspecified atom stereocenters. The zero-order chi connectivity index (χ0) is 13.8. The molecule has 0 saturated heterocycles. The van der Waals surface area contributed by atoms with E-state index >= 15 is 0 Å². The summed E-state index contributed by atoms with van der Waals surface area (Å²) in [5.74, 6) is 1.40. The lowest BCUT2D eigenvalue weighted by atomic mass is 9.97. The average molecular weight is 260 g/mol. The van der Waals surface area contributed by atoms with Crippen LogP contribution in [0.1, 0.15) is 37.8 Å². The van der Waals surface area contributed by atoms with Gasteiger partial charge in [-0.3, -0.25) is 4.79 Å². The molecule has 0 radical (unpaired) electrons. The number of carbonyl (C=O) groups excluding carboxylic acids is 1. The normalized spacial score (nSPS) is 26.4. The van der Waals surface area contributed by atoms with Crippen LogP contribution in [0, 0.1) is 11.8 Å². The fraction of sp³-hybridized carbons (Fsp3) is 0.562. The third-order valence-corrected chi connectivity index (χ3v) is 4.50. The first-order chi connectivity index (χ1) is 9.11. The van der Waals surface area contributed by atoms with Crippen molar-refractivity contribution in [3.63, 3.8) is 0 Å². The van der Waals surface area contributed by atoms with Crippen LogP contribution in [0.5, 0.6) is 0 Å². The van der Waals surface area contributed by atoms with Gasteiger partial charge in [0.15, 0.2) is 0 Å². The van der Waals surface area contributed by atoms with Gasteiger partial charge in [0.2, 0.25) is 5.91 Å². The lowest BCUT2D eigenvalue weighted by Gasteiger charge is -2.20. The van der Waals surface area contributed by atoms with Gasteiger partial charge in [0.05, 0.1) is 6.42 Å². The van der Waals surface area contributed by atoms with E-state index in [9.17, 15) is 4.79 Å². The second kappa shape index (κ2) is 6.20. The minimum atomic E-state index is 0.117. The van der Waals surface area contributed by atoms with Crippen molar-refractivity contribution in [2.45, 2.75) is 45.7 Å². The Morgan fingerprint density at radius 1 is 1.26 bits per heavy atom. The second-order valence-corrected chi connectivity index (χ2v) is 5.74. The Kier molecular flexibility index (Phi) is 4.59. The van der Waals surface area contributed by atoms with Crippen LogP contribution in [0.25, 0.3) is 0 Å². The Balaban J connectivity index is 1.94. The number of nitrogens with one attached hydrogen (secondary N) is 1. The molecule has 0 aromatic heterocycles. The van der Waals surface area contributed by atoms with Gasteiger partial charge in [0.25, 0.3) is 0 Å². The lowest BCUT2D eigenvalue weighted by molar-refractivity contribution is -0.121. The highest BCUT2D eigenvalue weighted by atomic mass is 16.1. The summed E-state index contributed by atoms with van der Waals surface area (Å²) >= 11 is 0. The summed E-state index contributed by atoms with van der Waals surface area (Å²) in [4.78, 5) is 12.1. The maximum atomic E-state index is 12.1. The van der Waals surface area contributed by atoms with Crippen molar-refractivity contribution < 1.29 is 4.79 Å². The first kappa shape index (κ1) is 14.1. The highest BCUT2D eigenvalue weighted by molar-refractivity contribution is 5.79. The van der Waals surface area contributed by atoms with Crippen molar-refractivity contribution in [3.05, 3.63) is 35.4 Å². The van der Waals surface area contributed by atoms with Gasteiger partial charge in [-0.2, -0.15) is 0 Å². The molecule has 1 amide bonds. The fourth-order valence-electron chi connectivity index (χ4n) is 2.93. The Bertz CT molecular complexity index is 444. The van der Waals surface area contributed by atoms with E-state index in [0.717, 1.165) is 17.5 Å². The van der Waals surface area contributed by atoms with E-state index in [1.165, 1.54) is 6.42 Å². The van der Waals surface area contributed by atoms with Crippen LogP contribution in [-0.4, -0.2) is 11.9 Å². The summed E-state index contributed by atoms with van der Waals surface area (Å²) in [5.41, 5.74) is 7.80. The van der Waals surface area contributed by atoms with Gasteiger partial charge < -0.3 is 11.1 Å². The molecular formula is C16H24N2O. The molecule has 19 heavy (non-hydrogen) atoms. The average Bonchev–Trinajstić information content (AvgIpc) is 2.71. The molecule has 104 valence electrons. The Labute approximate surface area is 115 Å². The molecule has 0 aliphatic heterocycles. The van der Waals surface area contributed by atoms with Gasteiger partial charge in [-0.05, 0) is 35.8 Å².